The molecule has 3 rings (SSSR count). The van der Waals surface area contributed by atoms with E-state index in [4.69, 9.17) is 16.6 Å². The Bertz CT molecular complexity index is 660. The summed E-state index contributed by atoms with van der Waals surface area (Å²) in [5, 5.41) is -0.0683. The average molecular weight is 370 g/mol. The van der Waals surface area contributed by atoms with Crippen LogP contribution in [-0.4, -0.2) is 9.55 Å². The van der Waals surface area contributed by atoms with Gasteiger partial charge in [-0.2, -0.15) is 0 Å². The molecule has 1 aromatic carbocycles. The summed E-state index contributed by atoms with van der Waals surface area (Å²) < 4.78 is 3.47. The third kappa shape index (κ3) is 3.00. The highest BCUT2D eigenvalue weighted by molar-refractivity contribution is 9.10. The van der Waals surface area contributed by atoms with Gasteiger partial charge in [0.05, 0.1) is 16.4 Å². The predicted octanol–water partition coefficient (Wildman–Crippen LogP) is 6.24. The molecule has 0 aliphatic heterocycles. The van der Waals surface area contributed by atoms with Crippen LogP contribution in [0.4, 0.5) is 0 Å². The summed E-state index contributed by atoms with van der Waals surface area (Å²) in [6, 6.07) is 6.85. The van der Waals surface area contributed by atoms with Gasteiger partial charge in [0.25, 0.3) is 0 Å². The number of hydrogen-bond acceptors (Lipinski definition) is 1. The lowest BCUT2D eigenvalue weighted by Crippen LogP contribution is -2.26. The van der Waals surface area contributed by atoms with Crippen molar-refractivity contribution < 1.29 is 0 Å². The standard InChI is InChI=1S/C17H22BrClN2/c1-11(19)16-20-14-9-12(18)6-7-15(14)21(16)13-5-4-8-17(2,3)10-13/h6-7,9,11,13H,4-5,8,10H2,1-3H3. The maximum absolute atomic E-state index is 6.41. The van der Waals surface area contributed by atoms with Gasteiger partial charge in [-0.1, -0.05) is 36.2 Å². The molecule has 2 atom stereocenters. The summed E-state index contributed by atoms with van der Waals surface area (Å²) in [5.41, 5.74) is 2.65. The maximum Gasteiger partial charge on any atom is 0.127 e. The van der Waals surface area contributed by atoms with E-state index >= 15 is 0 Å². The second kappa shape index (κ2) is 5.58. The number of halogens is 2. The molecule has 114 valence electrons. The van der Waals surface area contributed by atoms with Crippen LogP contribution in [0.5, 0.6) is 0 Å². The van der Waals surface area contributed by atoms with Crippen molar-refractivity contribution in [1.29, 1.82) is 0 Å². The molecule has 4 heteroatoms. The molecule has 1 aliphatic carbocycles. The molecule has 0 N–H and O–H groups in total. The van der Waals surface area contributed by atoms with Crippen molar-refractivity contribution in [3.05, 3.63) is 28.5 Å². The van der Waals surface area contributed by atoms with Gasteiger partial charge in [-0.3, -0.25) is 0 Å². The van der Waals surface area contributed by atoms with Crippen LogP contribution >= 0.6 is 27.5 Å². The maximum atomic E-state index is 6.41. The van der Waals surface area contributed by atoms with E-state index in [0.717, 1.165) is 15.8 Å². The number of hydrogen-bond donors (Lipinski definition) is 0. The van der Waals surface area contributed by atoms with Crippen molar-refractivity contribution in [2.24, 2.45) is 5.41 Å². The second-order valence-electron chi connectivity index (χ2n) is 7.00. The first-order valence-corrected chi connectivity index (χ1v) is 8.92. The van der Waals surface area contributed by atoms with Crippen LogP contribution in [0.15, 0.2) is 22.7 Å². The van der Waals surface area contributed by atoms with Crippen molar-refractivity contribution in [1.82, 2.24) is 9.55 Å². The Morgan fingerprint density at radius 3 is 2.86 bits per heavy atom. The number of benzene rings is 1. The predicted molar refractivity (Wildman–Crippen MR) is 93.0 cm³/mol. The first-order valence-electron chi connectivity index (χ1n) is 7.69. The normalized spacial score (nSPS) is 23.4. The van der Waals surface area contributed by atoms with E-state index < -0.39 is 0 Å². The van der Waals surface area contributed by atoms with E-state index in [9.17, 15) is 0 Å². The van der Waals surface area contributed by atoms with E-state index in [1.54, 1.807) is 0 Å². The second-order valence-corrected chi connectivity index (χ2v) is 8.57. The molecule has 2 aromatic rings. The fourth-order valence-corrected chi connectivity index (χ4v) is 4.14. The van der Waals surface area contributed by atoms with Gasteiger partial charge in [-0.25, -0.2) is 4.98 Å². The molecule has 2 nitrogen and oxygen atoms in total. The van der Waals surface area contributed by atoms with Gasteiger partial charge in [0.15, 0.2) is 0 Å². The Morgan fingerprint density at radius 1 is 1.43 bits per heavy atom. The summed E-state index contributed by atoms with van der Waals surface area (Å²) in [6.45, 7) is 6.76. The molecule has 1 heterocycles. The third-order valence-corrected chi connectivity index (χ3v) is 5.27. The summed E-state index contributed by atoms with van der Waals surface area (Å²) in [4.78, 5) is 4.80. The number of aromatic nitrogens is 2. The highest BCUT2D eigenvalue weighted by atomic mass is 79.9. The topological polar surface area (TPSA) is 17.8 Å². The molecule has 0 amide bonds. The zero-order chi connectivity index (χ0) is 15.2. The number of rotatable bonds is 2. The van der Waals surface area contributed by atoms with E-state index in [1.807, 2.05) is 6.92 Å². The van der Waals surface area contributed by atoms with Gasteiger partial charge < -0.3 is 4.57 Å². The van der Waals surface area contributed by atoms with E-state index in [-0.39, 0.29) is 5.38 Å². The van der Waals surface area contributed by atoms with E-state index in [0.29, 0.717) is 11.5 Å². The first kappa shape index (κ1) is 15.4. The highest BCUT2D eigenvalue weighted by Crippen LogP contribution is 2.43. The molecule has 0 radical (unpaired) electrons. The molecule has 1 fully saturated rings. The summed E-state index contributed by atoms with van der Waals surface area (Å²) in [6.07, 6.45) is 5.02. The lowest BCUT2D eigenvalue weighted by molar-refractivity contribution is 0.183. The third-order valence-electron chi connectivity index (χ3n) is 4.58. The number of imidazole rings is 1. The Hall–Kier alpha value is -0.540. The Labute approximate surface area is 140 Å². The number of alkyl halides is 1. The fraction of sp³-hybridized carbons (Fsp3) is 0.588. The molecule has 0 spiro atoms. The van der Waals surface area contributed by atoms with Gasteiger partial charge >= 0.3 is 0 Å². The van der Waals surface area contributed by atoms with Crippen molar-refractivity contribution in [3.63, 3.8) is 0 Å². The number of nitrogens with zero attached hydrogens (tertiary/aromatic N) is 2. The molecule has 1 aliphatic rings. The van der Waals surface area contributed by atoms with Gasteiger partial charge in [0.2, 0.25) is 0 Å². The van der Waals surface area contributed by atoms with Crippen LogP contribution in [0, 0.1) is 5.41 Å². The first-order chi connectivity index (χ1) is 9.87. The van der Waals surface area contributed by atoms with Crippen molar-refractivity contribution in [2.45, 2.75) is 57.9 Å². The molecule has 2 unspecified atom stereocenters. The van der Waals surface area contributed by atoms with Crippen molar-refractivity contribution in [2.75, 3.05) is 0 Å². The Kier molecular flexibility index (Phi) is 4.08. The lowest BCUT2D eigenvalue weighted by Gasteiger charge is -2.37. The molecule has 0 bridgehead atoms. The van der Waals surface area contributed by atoms with Crippen LogP contribution in [0.1, 0.15) is 63.7 Å². The van der Waals surface area contributed by atoms with Gasteiger partial charge in [-0.05, 0) is 49.8 Å². The minimum Gasteiger partial charge on any atom is -0.324 e. The molecular formula is C17H22BrClN2. The van der Waals surface area contributed by atoms with Gasteiger partial charge in [-0.15, -0.1) is 11.6 Å². The molecule has 0 saturated heterocycles. The summed E-state index contributed by atoms with van der Waals surface area (Å²) in [7, 11) is 0. The molecular weight excluding hydrogens is 348 g/mol. The average Bonchev–Trinajstić information content (AvgIpc) is 2.76. The number of fused-ring (bicyclic) bond motifs is 1. The van der Waals surface area contributed by atoms with Crippen LogP contribution in [0.3, 0.4) is 0 Å². The zero-order valence-electron chi connectivity index (χ0n) is 12.9. The van der Waals surface area contributed by atoms with Crippen LogP contribution < -0.4 is 0 Å². The smallest absolute Gasteiger partial charge is 0.127 e. The summed E-state index contributed by atoms with van der Waals surface area (Å²) in [5.74, 6) is 1.01. The Balaban J connectivity index is 2.13. The van der Waals surface area contributed by atoms with Gasteiger partial charge in [0.1, 0.15) is 5.82 Å². The van der Waals surface area contributed by atoms with Crippen molar-refractivity contribution in [3.8, 4) is 0 Å². The van der Waals surface area contributed by atoms with Crippen LogP contribution in [0.25, 0.3) is 11.0 Å². The molecule has 1 aromatic heterocycles. The molecule has 21 heavy (non-hydrogen) atoms. The fourth-order valence-electron chi connectivity index (χ4n) is 3.63. The SMILES string of the molecule is CC(Cl)c1nc2cc(Br)ccc2n1C1CCCC(C)(C)C1. The van der Waals surface area contributed by atoms with Crippen LogP contribution in [0.2, 0.25) is 0 Å². The minimum atomic E-state index is -0.0683. The van der Waals surface area contributed by atoms with Crippen LogP contribution in [-0.2, 0) is 0 Å². The lowest BCUT2D eigenvalue weighted by atomic mass is 9.75. The summed E-state index contributed by atoms with van der Waals surface area (Å²) >= 11 is 9.95. The Morgan fingerprint density at radius 2 is 2.19 bits per heavy atom. The van der Waals surface area contributed by atoms with Crippen molar-refractivity contribution >= 4 is 38.6 Å². The largest absolute Gasteiger partial charge is 0.324 e. The molecule has 1 saturated carbocycles. The minimum absolute atomic E-state index is 0.0683. The zero-order valence-corrected chi connectivity index (χ0v) is 15.2. The quantitative estimate of drug-likeness (QED) is 0.573. The van der Waals surface area contributed by atoms with Gasteiger partial charge in [0, 0.05) is 10.5 Å². The monoisotopic (exact) mass is 368 g/mol. The van der Waals surface area contributed by atoms with E-state index in [1.165, 1.54) is 31.2 Å². The van der Waals surface area contributed by atoms with E-state index in [2.05, 4.69) is 52.5 Å². The highest BCUT2D eigenvalue weighted by Gasteiger charge is 2.31.